The van der Waals surface area contributed by atoms with Crippen molar-refractivity contribution in [1.82, 2.24) is 0 Å². The molecule has 0 aromatic heterocycles. The third-order valence-corrected chi connectivity index (χ3v) is 4.49. The van der Waals surface area contributed by atoms with Crippen LogP contribution < -0.4 is 0 Å². The van der Waals surface area contributed by atoms with E-state index in [4.69, 9.17) is 0 Å². The van der Waals surface area contributed by atoms with Gasteiger partial charge in [0.15, 0.2) is 5.78 Å². The minimum Gasteiger partial charge on any atom is -0.295 e. The summed E-state index contributed by atoms with van der Waals surface area (Å²) in [5, 5.41) is 0.447. The van der Waals surface area contributed by atoms with Crippen LogP contribution in [0.3, 0.4) is 0 Å². The fourth-order valence-corrected chi connectivity index (χ4v) is 2.75. The van der Waals surface area contributed by atoms with Gasteiger partial charge in [-0.15, -0.1) is 0 Å². The Balaban J connectivity index is 2.70. The molecule has 2 heteroatoms. The average molecular weight is 240 g/mol. The first kappa shape index (κ1) is 13.8. The monoisotopic (exact) mass is 240 g/mol. The molecule has 1 aliphatic carbocycles. The van der Waals surface area contributed by atoms with Gasteiger partial charge < -0.3 is 0 Å². The van der Waals surface area contributed by atoms with Gasteiger partial charge in [0.2, 0.25) is 0 Å². The first-order chi connectivity index (χ1) is 7.35. The van der Waals surface area contributed by atoms with Crippen molar-refractivity contribution in [3.05, 3.63) is 11.1 Å². The summed E-state index contributed by atoms with van der Waals surface area (Å²) in [4.78, 5) is 12.1. The fraction of sp³-hybridized carbons (Fsp3) is 0.786. The molecule has 0 spiro atoms. The summed E-state index contributed by atoms with van der Waals surface area (Å²) in [6.45, 7) is 8.85. The van der Waals surface area contributed by atoms with Gasteiger partial charge in [-0.05, 0) is 43.4 Å². The molecular formula is C14H24OS. The largest absolute Gasteiger partial charge is 0.295 e. The molecule has 0 saturated heterocycles. The second-order valence-corrected chi connectivity index (χ2v) is 7.05. The topological polar surface area (TPSA) is 17.1 Å². The van der Waals surface area contributed by atoms with Gasteiger partial charge in [0.05, 0.1) is 0 Å². The van der Waals surface area contributed by atoms with Crippen LogP contribution in [-0.2, 0) is 4.79 Å². The predicted octanol–water partition coefficient (Wildman–Crippen LogP) is 4.22. The number of Topliss-reactive ketones (excluding diaryl/α,β-unsaturated/α-hetero) is 1. The van der Waals surface area contributed by atoms with Crippen molar-refractivity contribution in [2.45, 2.75) is 58.6 Å². The van der Waals surface area contributed by atoms with E-state index in [1.807, 2.05) is 0 Å². The molecule has 0 bridgehead atoms. The van der Waals surface area contributed by atoms with Crippen LogP contribution in [0.4, 0.5) is 0 Å². The lowest BCUT2D eigenvalue weighted by atomic mass is 9.73. The molecule has 1 nitrogen and oxygen atoms in total. The summed E-state index contributed by atoms with van der Waals surface area (Å²) in [6, 6.07) is 0. The van der Waals surface area contributed by atoms with E-state index < -0.39 is 0 Å². The van der Waals surface area contributed by atoms with Gasteiger partial charge >= 0.3 is 0 Å². The fourth-order valence-electron chi connectivity index (χ4n) is 2.43. The van der Waals surface area contributed by atoms with Crippen LogP contribution in [0.1, 0.15) is 53.4 Å². The molecule has 0 aliphatic heterocycles. The Kier molecular flexibility index (Phi) is 4.66. The van der Waals surface area contributed by atoms with Gasteiger partial charge in [-0.25, -0.2) is 0 Å². The Labute approximate surface area is 104 Å². The minimum absolute atomic E-state index is 0.384. The van der Waals surface area contributed by atoms with E-state index in [1.54, 1.807) is 11.8 Å². The molecule has 0 saturated carbocycles. The van der Waals surface area contributed by atoms with Crippen molar-refractivity contribution >= 4 is 17.5 Å². The average Bonchev–Trinajstić information content (AvgIpc) is 2.15. The number of carbonyl (C=O) groups is 1. The maximum absolute atomic E-state index is 12.1. The van der Waals surface area contributed by atoms with Crippen LogP contribution in [0.2, 0.25) is 0 Å². The quantitative estimate of drug-likeness (QED) is 0.731. The number of rotatable bonds is 4. The lowest BCUT2D eigenvalue weighted by molar-refractivity contribution is -0.115. The molecular weight excluding hydrogens is 216 g/mol. The highest BCUT2D eigenvalue weighted by Gasteiger charge is 2.27. The smallest absolute Gasteiger partial charge is 0.159 e. The van der Waals surface area contributed by atoms with Gasteiger partial charge in [0.25, 0.3) is 0 Å². The molecule has 16 heavy (non-hydrogen) atoms. The van der Waals surface area contributed by atoms with Crippen LogP contribution in [0.5, 0.6) is 0 Å². The van der Waals surface area contributed by atoms with E-state index >= 15 is 0 Å². The van der Waals surface area contributed by atoms with Crippen LogP contribution in [0, 0.1) is 5.41 Å². The molecule has 0 amide bonds. The van der Waals surface area contributed by atoms with E-state index in [2.05, 4.69) is 34.0 Å². The molecule has 0 heterocycles. The molecule has 1 aliphatic rings. The van der Waals surface area contributed by atoms with Crippen LogP contribution in [0.25, 0.3) is 0 Å². The summed E-state index contributed by atoms with van der Waals surface area (Å²) in [7, 11) is 0. The van der Waals surface area contributed by atoms with Crippen molar-refractivity contribution in [3.8, 4) is 0 Å². The third-order valence-electron chi connectivity index (χ3n) is 3.52. The molecule has 0 fully saturated rings. The van der Waals surface area contributed by atoms with E-state index in [1.165, 1.54) is 5.57 Å². The molecule has 1 rings (SSSR count). The maximum Gasteiger partial charge on any atom is 0.159 e. The van der Waals surface area contributed by atoms with Crippen molar-refractivity contribution in [1.29, 1.82) is 0 Å². The molecule has 0 aromatic carbocycles. The Bertz CT molecular complexity index is 302. The van der Waals surface area contributed by atoms with Gasteiger partial charge in [-0.3, -0.25) is 4.79 Å². The van der Waals surface area contributed by atoms with E-state index in [9.17, 15) is 4.79 Å². The first-order valence-electron chi connectivity index (χ1n) is 6.10. The zero-order chi connectivity index (χ0) is 12.3. The molecule has 92 valence electrons. The second kappa shape index (κ2) is 5.39. The van der Waals surface area contributed by atoms with E-state index in [-0.39, 0.29) is 0 Å². The number of carbonyl (C=O) groups excluding carboxylic acids is 1. The molecule has 1 atom stereocenters. The van der Waals surface area contributed by atoms with E-state index in [0.29, 0.717) is 22.9 Å². The third kappa shape index (κ3) is 3.65. The Hall–Kier alpha value is -0.240. The van der Waals surface area contributed by atoms with Crippen LogP contribution in [-0.4, -0.2) is 17.3 Å². The van der Waals surface area contributed by atoms with Crippen molar-refractivity contribution < 1.29 is 4.79 Å². The lowest BCUT2D eigenvalue weighted by Gasteiger charge is -2.31. The summed E-state index contributed by atoms with van der Waals surface area (Å²) >= 11 is 1.77. The Morgan fingerprint density at radius 1 is 1.50 bits per heavy atom. The predicted molar refractivity (Wildman–Crippen MR) is 72.9 cm³/mol. The molecule has 1 unspecified atom stereocenters. The maximum atomic E-state index is 12.1. The second-order valence-electron chi connectivity index (χ2n) is 5.77. The number of hydrogen-bond acceptors (Lipinski definition) is 2. The number of hydrogen-bond donors (Lipinski definition) is 0. The number of allylic oxidation sites excluding steroid dienone is 2. The highest BCUT2D eigenvalue weighted by molar-refractivity contribution is 7.99. The SMILES string of the molecule is CSC(C)CC(=O)C1=C(C)CC(C)(C)CC1. The minimum atomic E-state index is 0.384. The van der Waals surface area contributed by atoms with Crippen molar-refractivity contribution in [3.63, 3.8) is 0 Å². The Morgan fingerprint density at radius 2 is 2.12 bits per heavy atom. The Morgan fingerprint density at radius 3 is 2.62 bits per heavy atom. The summed E-state index contributed by atoms with van der Waals surface area (Å²) in [5.74, 6) is 0.384. The number of thioether (sulfide) groups is 1. The summed E-state index contributed by atoms with van der Waals surface area (Å²) < 4.78 is 0. The van der Waals surface area contributed by atoms with Crippen LogP contribution >= 0.6 is 11.8 Å². The van der Waals surface area contributed by atoms with Gasteiger partial charge in [0.1, 0.15) is 0 Å². The first-order valence-corrected chi connectivity index (χ1v) is 7.39. The van der Waals surface area contributed by atoms with Crippen molar-refractivity contribution in [2.75, 3.05) is 6.26 Å². The highest BCUT2D eigenvalue weighted by atomic mass is 32.2. The molecule has 0 aromatic rings. The normalized spacial score (nSPS) is 22.1. The zero-order valence-electron chi connectivity index (χ0n) is 11.2. The molecule has 0 N–H and O–H groups in total. The van der Waals surface area contributed by atoms with Crippen molar-refractivity contribution in [2.24, 2.45) is 5.41 Å². The zero-order valence-corrected chi connectivity index (χ0v) is 12.0. The summed E-state index contributed by atoms with van der Waals surface area (Å²) in [6.07, 6.45) is 6.00. The molecule has 0 radical (unpaired) electrons. The summed E-state index contributed by atoms with van der Waals surface area (Å²) in [5.41, 5.74) is 2.84. The van der Waals surface area contributed by atoms with E-state index in [0.717, 1.165) is 24.8 Å². The van der Waals surface area contributed by atoms with Crippen LogP contribution in [0.15, 0.2) is 11.1 Å². The highest BCUT2D eigenvalue weighted by Crippen LogP contribution is 2.39. The van der Waals surface area contributed by atoms with Gasteiger partial charge in [-0.1, -0.05) is 26.3 Å². The number of ketones is 1. The van der Waals surface area contributed by atoms with Gasteiger partial charge in [0, 0.05) is 11.7 Å². The lowest BCUT2D eigenvalue weighted by Crippen LogP contribution is -2.21. The van der Waals surface area contributed by atoms with Gasteiger partial charge in [-0.2, -0.15) is 11.8 Å². The standard InChI is InChI=1S/C14H24OS/c1-10-9-14(3,4)7-6-12(10)13(15)8-11(2)16-5/h11H,6-9H2,1-5H3.